The van der Waals surface area contributed by atoms with E-state index in [4.69, 9.17) is 17.0 Å². The van der Waals surface area contributed by atoms with Gasteiger partial charge in [0.25, 0.3) is 0 Å². The van der Waals surface area contributed by atoms with Gasteiger partial charge in [-0.1, -0.05) is 32.0 Å². The van der Waals surface area contributed by atoms with Crippen LogP contribution in [-0.2, 0) is 4.74 Å². The highest BCUT2D eigenvalue weighted by molar-refractivity contribution is 7.80. The Morgan fingerprint density at radius 1 is 1.32 bits per heavy atom. The number of benzene rings is 1. The zero-order chi connectivity index (χ0) is 15.8. The number of rotatable bonds is 6. The van der Waals surface area contributed by atoms with Crippen LogP contribution in [0.25, 0.3) is 0 Å². The SMILES string of the molecule is CCC(C)c1ccccc1NC(=S)NCCN1CCOCC1. The number of hydrogen-bond acceptors (Lipinski definition) is 3. The number of morpholine rings is 1. The molecule has 0 saturated carbocycles. The fourth-order valence-corrected chi connectivity index (χ4v) is 2.79. The standard InChI is InChI=1S/C17H27N3OS/c1-3-14(2)15-6-4-5-7-16(15)19-17(22)18-8-9-20-10-12-21-13-11-20/h4-7,14H,3,8-13H2,1-2H3,(H2,18,19,22). The Morgan fingerprint density at radius 3 is 2.77 bits per heavy atom. The van der Waals surface area contributed by atoms with Gasteiger partial charge in [0.2, 0.25) is 0 Å². The van der Waals surface area contributed by atoms with Crippen molar-refractivity contribution in [1.82, 2.24) is 10.2 Å². The average molecular weight is 321 g/mol. The molecule has 1 fully saturated rings. The minimum absolute atomic E-state index is 0.528. The number of para-hydroxylation sites is 1. The molecule has 0 radical (unpaired) electrons. The Balaban J connectivity index is 1.79. The van der Waals surface area contributed by atoms with Gasteiger partial charge in [0.15, 0.2) is 5.11 Å². The van der Waals surface area contributed by atoms with Gasteiger partial charge in [0.1, 0.15) is 0 Å². The summed E-state index contributed by atoms with van der Waals surface area (Å²) in [4.78, 5) is 2.40. The van der Waals surface area contributed by atoms with Crippen molar-refractivity contribution in [2.45, 2.75) is 26.2 Å². The molecule has 2 rings (SSSR count). The van der Waals surface area contributed by atoms with Gasteiger partial charge in [0, 0.05) is 31.9 Å². The van der Waals surface area contributed by atoms with Crippen LogP contribution in [-0.4, -0.2) is 49.4 Å². The van der Waals surface area contributed by atoms with Crippen LogP contribution < -0.4 is 10.6 Å². The molecule has 1 aromatic carbocycles. The summed E-state index contributed by atoms with van der Waals surface area (Å²) in [6.45, 7) is 10.0. The van der Waals surface area contributed by atoms with Crippen LogP contribution in [0, 0.1) is 0 Å². The first-order chi connectivity index (χ1) is 10.7. The van der Waals surface area contributed by atoms with Crippen LogP contribution in [0.5, 0.6) is 0 Å². The van der Waals surface area contributed by atoms with Gasteiger partial charge >= 0.3 is 0 Å². The van der Waals surface area contributed by atoms with Crippen molar-refractivity contribution in [3.05, 3.63) is 29.8 Å². The van der Waals surface area contributed by atoms with E-state index in [2.05, 4.69) is 47.6 Å². The highest BCUT2D eigenvalue weighted by Gasteiger charge is 2.11. The second kappa shape index (κ2) is 9.08. The van der Waals surface area contributed by atoms with Gasteiger partial charge in [-0.25, -0.2) is 0 Å². The molecule has 2 N–H and O–H groups in total. The Labute approximate surface area is 139 Å². The molecule has 1 saturated heterocycles. The summed E-state index contributed by atoms with van der Waals surface area (Å²) in [7, 11) is 0. The quantitative estimate of drug-likeness (QED) is 0.788. The summed E-state index contributed by atoms with van der Waals surface area (Å²) in [5, 5.41) is 7.34. The van der Waals surface area contributed by atoms with Crippen molar-refractivity contribution in [2.75, 3.05) is 44.7 Å². The van der Waals surface area contributed by atoms with E-state index >= 15 is 0 Å². The van der Waals surface area contributed by atoms with E-state index in [1.54, 1.807) is 0 Å². The summed E-state index contributed by atoms with van der Waals surface area (Å²) >= 11 is 5.42. The second-order valence-electron chi connectivity index (χ2n) is 5.73. The molecule has 5 heteroatoms. The lowest BCUT2D eigenvalue weighted by molar-refractivity contribution is 0.0389. The molecule has 1 aromatic rings. The Morgan fingerprint density at radius 2 is 2.05 bits per heavy atom. The number of nitrogens with zero attached hydrogens (tertiary/aromatic N) is 1. The normalized spacial score (nSPS) is 17.0. The zero-order valence-electron chi connectivity index (χ0n) is 13.6. The van der Waals surface area contributed by atoms with Crippen molar-refractivity contribution in [2.24, 2.45) is 0 Å². The molecular formula is C17H27N3OS. The molecule has 1 aliphatic rings. The molecule has 0 amide bonds. The van der Waals surface area contributed by atoms with Crippen LogP contribution >= 0.6 is 12.2 Å². The molecule has 1 heterocycles. The van der Waals surface area contributed by atoms with Gasteiger partial charge in [-0.3, -0.25) is 4.90 Å². The molecule has 122 valence electrons. The van der Waals surface area contributed by atoms with Crippen molar-refractivity contribution >= 4 is 23.0 Å². The maximum atomic E-state index is 5.42. The highest BCUT2D eigenvalue weighted by Crippen LogP contribution is 2.26. The van der Waals surface area contributed by atoms with Crippen molar-refractivity contribution in [3.63, 3.8) is 0 Å². The lowest BCUT2D eigenvalue weighted by Crippen LogP contribution is -2.42. The first kappa shape index (κ1) is 17.2. The number of ether oxygens (including phenoxy) is 1. The minimum atomic E-state index is 0.528. The number of thiocarbonyl (C=S) groups is 1. The van der Waals surface area contributed by atoms with E-state index in [9.17, 15) is 0 Å². The summed E-state index contributed by atoms with van der Waals surface area (Å²) < 4.78 is 5.35. The Hall–Kier alpha value is -1.17. The van der Waals surface area contributed by atoms with Gasteiger partial charge < -0.3 is 15.4 Å². The summed E-state index contributed by atoms with van der Waals surface area (Å²) in [6, 6.07) is 8.40. The van der Waals surface area contributed by atoms with E-state index in [-0.39, 0.29) is 0 Å². The lowest BCUT2D eigenvalue weighted by atomic mass is 9.97. The molecular weight excluding hydrogens is 294 g/mol. The molecule has 1 aliphatic heterocycles. The first-order valence-corrected chi connectivity index (χ1v) is 8.55. The number of hydrogen-bond donors (Lipinski definition) is 2. The van der Waals surface area contributed by atoms with Crippen molar-refractivity contribution < 1.29 is 4.74 Å². The fourth-order valence-electron chi connectivity index (χ4n) is 2.58. The molecule has 0 bridgehead atoms. The third-order valence-electron chi connectivity index (χ3n) is 4.17. The number of anilines is 1. The van der Waals surface area contributed by atoms with Gasteiger partial charge in [-0.2, -0.15) is 0 Å². The summed E-state index contributed by atoms with van der Waals surface area (Å²) in [6.07, 6.45) is 1.12. The monoisotopic (exact) mass is 321 g/mol. The lowest BCUT2D eigenvalue weighted by Gasteiger charge is -2.26. The predicted octanol–water partition coefficient (Wildman–Crippen LogP) is 2.82. The van der Waals surface area contributed by atoms with Gasteiger partial charge in [0.05, 0.1) is 13.2 Å². The first-order valence-electron chi connectivity index (χ1n) is 8.14. The maximum absolute atomic E-state index is 5.42. The van der Waals surface area contributed by atoms with E-state index in [0.29, 0.717) is 11.0 Å². The van der Waals surface area contributed by atoms with Gasteiger partial charge in [-0.15, -0.1) is 0 Å². The second-order valence-corrected chi connectivity index (χ2v) is 6.14. The fraction of sp³-hybridized carbons (Fsp3) is 0.588. The third kappa shape index (κ3) is 5.23. The maximum Gasteiger partial charge on any atom is 0.170 e. The van der Waals surface area contributed by atoms with E-state index in [1.165, 1.54) is 5.56 Å². The van der Waals surface area contributed by atoms with Crippen LogP contribution in [0.4, 0.5) is 5.69 Å². The highest BCUT2D eigenvalue weighted by atomic mass is 32.1. The van der Waals surface area contributed by atoms with E-state index in [0.717, 1.165) is 51.5 Å². The van der Waals surface area contributed by atoms with Crippen molar-refractivity contribution in [3.8, 4) is 0 Å². The van der Waals surface area contributed by atoms with Gasteiger partial charge in [-0.05, 0) is 36.2 Å². The average Bonchev–Trinajstić information content (AvgIpc) is 2.55. The zero-order valence-corrected chi connectivity index (χ0v) is 14.4. The molecule has 22 heavy (non-hydrogen) atoms. The third-order valence-corrected chi connectivity index (χ3v) is 4.42. The largest absolute Gasteiger partial charge is 0.379 e. The smallest absolute Gasteiger partial charge is 0.170 e. The molecule has 0 aromatic heterocycles. The van der Waals surface area contributed by atoms with Crippen LogP contribution in [0.3, 0.4) is 0 Å². The minimum Gasteiger partial charge on any atom is -0.379 e. The number of nitrogens with one attached hydrogen (secondary N) is 2. The van der Waals surface area contributed by atoms with E-state index in [1.807, 2.05) is 6.07 Å². The van der Waals surface area contributed by atoms with Crippen LogP contribution in [0.1, 0.15) is 31.7 Å². The predicted molar refractivity (Wildman–Crippen MR) is 96.6 cm³/mol. The summed E-state index contributed by atoms with van der Waals surface area (Å²) in [5.74, 6) is 0.528. The molecule has 4 nitrogen and oxygen atoms in total. The Kier molecular flexibility index (Phi) is 7.09. The topological polar surface area (TPSA) is 36.5 Å². The van der Waals surface area contributed by atoms with E-state index < -0.39 is 0 Å². The molecule has 0 spiro atoms. The Bertz CT molecular complexity index is 475. The van der Waals surface area contributed by atoms with Crippen molar-refractivity contribution in [1.29, 1.82) is 0 Å². The summed E-state index contributed by atoms with van der Waals surface area (Å²) in [5.41, 5.74) is 2.43. The van der Waals surface area contributed by atoms with Crippen LogP contribution in [0.2, 0.25) is 0 Å². The molecule has 1 atom stereocenters. The molecule has 1 unspecified atom stereocenters. The van der Waals surface area contributed by atoms with Crippen LogP contribution in [0.15, 0.2) is 24.3 Å². The molecule has 0 aliphatic carbocycles.